The first-order valence-corrected chi connectivity index (χ1v) is 15.1. The maximum atomic E-state index is 6.55. The fraction of sp³-hybridized carbons (Fsp3) is 0.194. The van der Waals surface area contributed by atoms with Gasteiger partial charge in [0, 0.05) is 21.7 Å². The van der Waals surface area contributed by atoms with Gasteiger partial charge >= 0.3 is 4.77 Å². The molecule has 0 unspecified atom stereocenters. The average Bonchev–Trinajstić information content (AvgIpc) is 2.95. The third-order valence-corrected chi connectivity index (χ3v) is 9.42. The molecule has 0 atom stereocenters. The fourth-order valence-corrected chi connectivity index (χ4v) is 6.16. The highest BCUT2D eigenvalue weighted by molar-refractivity contribution is 14.1. The van der Waals surface area contributed by atoms with Gasteiger partial charge in [0.2, 0.25) is 0 Å². The van der Waals surface area contributed by atoms with Crippen LogP contribution >= 0.6 is 22.4 Å². The minimum atomic E-state index is -0.257. The van der Waals surface area contributed by atoms with Crippen molar-refractivity contribution in [1.82, 2.24) is 4.98 Å². The SMILES string of the molecule is CC(C)(C)C(C)(C)OB(I)c1ccc(-c2c3ccc(-c4ccccc4)cc3nc3c2ccc2ccccc23)cc1. The number of hydrogen-bond acceptors (Lipinski definition) is 2. The van der Waals surface area contributed by atoms with E-state index in [-0.39, 0.29) is 15.8 Å². The largest absolute Gasteiger partial charge is 0.417 e. The van der Waals surface area contributed by atoms with E-state index >= 15 is 0 Å². The second-order valence-corrected chi connectivity index (χ2v) is 13.2. The Balaban J connectivity index is 1.51. The van der Waals surface area contributed by atoms with Crippen LogP contribution in [0.4, 0.5) is 0 Å². The molecule has 4 heteroatoms. The molecular weight excluding hydrogens is 600 g/mol. The molecule has 0 spiro atoms. The van der Waals surface area contributed by atoms with E-state index < -0.39 is 0 Å². The first kappa shape index (κ1) is 27.0. The first-order chi connectivity index (χ1) is 19.1. The first-order valence-electron chi connectivity index (χ1n) is 13.9. The number of nitrogens with zero attached hydrogens (tertiary/aromatic N) is 1. The van der Waals surface area contributed by atoms with Crippen molar-refractivity contribution >= 4 is 65.2 Å². The molecule has 0 N–H and O–H groups in total. The molecule has 0 fully saturated rings. The molecule has 0 saturated carbocycles. The maximum Gasteiger partial charge on any atom is 0.400 e. The molecule has 0 saturated heterocycles. The van der Waals surface area contributed by atoms with Crippen molar-refractivity contribution < 1.29 is 4.65 Å². The van der Waals surface area contributed by atoms with Crippen LogP contribution in [0.5, 0.6) is 0 Å². The van der Waals surface area contributed by atoms with E-state index in [9.17, 15) is 0 Å². The number of hydrogen-bond donors (Lipinski definition) is 0. The highest BCUT2D eigenvalue weighted by atomic mass is 127. The quantitative estimate of drug-likeness (QED) is 0.0817. The fourth-order valence-electron chi connectivity index (χ4n) is 5.10. The van der Waals surface area contributed by atoms with E-state index in [0.29, 0.717) is 0 Å². The van der Waals surface area contributed by atoms with Crippen LogP contribution in [0.2, 0.25) is 0 Å². The van der Waals surface area contributed by atoms with Crippen molar-refractivity contribution in [1.29, 1.82) is 0 Å². The Morgan fingerprint density at radius 2 is 1.27 bits per heavy atom. The van der Waals surface area contributed by atoms with Gasteiger partial charge in [-0.1, -0.05) is 124 Å². The van der Waals surface area contributed by atoms with E-state index in [4.69, 9.17) is 9.64 Å². The molecule has 0 radical (unpaired) electrons. The summed E-state index contributed by atoms with van der Waals surface area (Å²) in [5, 5.41) is 4.71. The predicted octanol–water partition coefficient (Wildman–Crippen LogP) is 9.85. The molecule has 6 aromatic rings. The molecular formula is C36H33BINO. The van der Waals surface area contributed by atoms with Gasteiger partial charge in [-0.25, -0.2) is 4.98 Å². The Hall–Kier alpha value is -3.22. The molecule has 0 aliphatic rings. The topological polar surface area (TPSA) is 22.1 Å². The lowest BCUT2D eigenvalue weighted by molar-refractivity contribution is 0.00421. The van der Waals surface area contributed by atoms with Gasteiger partial charge in [-0.3, -0.25) is 0 Å². The van der Waals surface area contributed by atoms with E-state index in [0.717, 1.165) is 16.4 Å². The second-order valence-electron chi connectivity index (χ2n) is 12.1. The molecule has 198 valence electrons. The molecule has 6 rings (SSSR count). The summed E-state index contributed by atoms with van der Waals surface area (Å²) in [6.45, 7) is 11.0. The smallest absolute Gasteiger partial charge is 0.400 e. The van der Waals surface area contributed by atoms with Crippen LogP contribution in [0.1, 0.15) is 34.6 Å². The van der Waals surface area contributed by atoms with Crippen molar-refractivity contribution in [3.05, 3.63) is 109 Å². The van der Waals surface area contributed by atoms with E-state index in [2.05, 4.69) is 166 Å². The molecule has 40 heavy (non-hydrogen) atoms. The molecule has 0 aliphatic carbocycles. The lowest BCUT2D eigenvalue weighted by Crippen LogP contribution is -2.45. The van der Waals surface area contributed by atoms with Crippen LogP contribution in [-0.4, -0.2) is 15.4 Å². The summed E-state index contributed by atoms with van der Waals surface area (Å²) in [6.07, 6.45) is 0. The Bertz CT molecular complexity index is 1840. The van der Waals surface area contributed by atoms with Crippen LogP contribution in [0, 0.1) is 5.41 Å². The monoisotopic (exact) mass is 633 g/mol. The molecule has 0 amide bonds. The lowest BCUT2D eigenvalue weighted by atomic mass is 9.76. The highest BCUT2D eigenvalue weighted by Crippen LogP contribution is 2.39. The Kier molecular flexibility index (Phi) is 6.96. The summed E-state index contributed by atoms with van der Waals surface area (Å²) in [5.74, 6) is 0. The minimum absolute atomic E-state index is 0.0343. The third kappa shape index (κ3) is 4.93. The number of halogens is 1. The Morgan fingerprint density at radius 3 is 2.00 bits per heavy atom. The van der Waals surface area contributed by atoms with Gasteiger partial charge in [0.05, 0.1) is 16.6 Å². The van der Waals surface area contributed by atoms with Gasteiger partial charge in [0.25, 0.3) is 0 Å². The van der Waals surface area contributed by atoms with E-state index in [1.807, 2.05) is 0 Å². The van der Waals surface area contributed by atoms with Crippen molar-refractivity contribution in [2.75, 3.05) is 0 Å². The summed E-state index contributed by atoms with van der Waals surface area (Å²) >= 11 is 2.41. The van der Waals surface area contributed by atoms with E-state index in [1.54, 1.807) is 0 Å². The van der Waals surface area contributed by atoms with Gasteiger partial charge in [-0.05, 0) is 52.9 Å². The predicted molar refractivity (Wildman–Crippen MR) is 182 cm³/mol. The third-order valence-electron chi connectivity index (χ3n) is 8.44. The second kappa shape index (κ2) is 10.3. The minimum Gasteiger partial charge on any atom is -0.417 e. The zero-order chi connectivity index (χ0) is 28.1. The number of benzene rings is 5. The zero-order valence-electron chi connectivity index (χ0n) is 23.7. The normalized spacial score (nSPS) is 12.3. The maximum absolute atomic E-state index is 6.55. The van der Waals surface area contributed by atoms with Gasteiger partial charge in [-0.15, -0.1) is 22.4 Å². The summed E-state index contributed by atoms with van der Waals surface area (Å²) in [7, 11) is 0. The van der Waals surface area contributed by atoms with Gasteiger partial charge < -0.3 is 4.65 Å². The molecule has 1 heterocycles. The van der Waals surface area contributed by atoms with Crippen LogP contribution in [-0.2, 0) is 4.65 Å². The molecule has 2 nitrogen and oxygen atoms in total. The van der Waals surface area contributed by atoms with Gasteiger partial charge in [-0.2, -0.15) is 0 Å². The van der Waals surface area contributed by atoms with Crippen molar-refractivity contribution in [2.45, 2.75) is 40.2 Å². The molecule has 5 aromatic carbocycles. The van der Waals surface area contributed by atoms with Crippen LogP contribution < -0.4 is 5.46 Å². The number of fused-ring (bicyclic) bond motifs is 4. The average molecular weight is 633 g/mol. The summed E-state index contributed by atoms with van der Waals surface area (Å²) in [6, 6.07) is 39.1. The summed E-state index contributed by atoms with van der Waals surface area (Å²) in [5.41, 5.74) is 7.76. The molecule has 1 aromatic heterocycles. The Morgan fingerprint density at radius 1 is 0.625 bits per heavy atom. The number of rotatable bonds is 5. The van der Waals surface area contributed by atoms with Crippen molar-refractivity contribution in [3.8, 4) is 22.3 Å². The lowest BCUT2D eigenvalue weighted by Gasteiger charge is -2.40. The number of pyridine rings is 1. The van der Waals surface area contributed by atoms with Crippen molar-refractivity contribution in [3.63, 3.8) is 0 Å². The van der Waals surface area contributed by atoms with Crippen LogP contribution in [0.3, 0.4) is 0 Å². The van der Waals surface area contributed by atoms with Gasteiger partial charge in [0.15, 0.2) is 0 Å². The van der Waals surface area contributed by atoms with Gasteiger partial charge in [0.1, 0.15) is 0 Å². The zero-order valence-corrected chi connectivity index (χ0v) is 25.9. The molecule has 0 aliphatic heterocycles. The Labute approximate surface area is 250 Å². The summed E-state index contributed by atoms with van der Waals surface area (Å²) in [4.78, 5) is 5.27. The standard InChI is InChI=1S/C36H33BINO/c1-35(2,3)36(4,5)40-37(38)28-19-15-26(16-20-28)33-30-21-18-27(24-11-7-6-8-12-24)23-32(30)39-34-29-14-10-9-13-25(29)17-22-31(33)34/h6-23H,1-5H3. The molecule has 0 bridgehead atoms. The van der Waals surface area contributed by atoms with Crippen LogP contribution in [0.25, 0.3) is 54.8 Å². The van der Waals surface area contributed by atoms with Crippen LogP contribution in [0.15, 0.2) is 109 Å². The highest BCUT2D eigenvalue weighted by Gasteiger charge is 2.36. The van der Waals surface area contributed by atoms with Crippen molar-refractivity contribution in [2.24, 2.45) is 5.41 Å². The number of aromatic nitrogens is 1. The van der Waals surface area contributed by atoms with E-state index in [1.165, 1.54) is 43.9 Å². The summed E-state index contributed by atoms with van der Waals surface area (Å²) < 4.78 is 6.52.